The topological polar surface area (TPSA) is 66.5 Å². The molecule has 0 unspecified atom stereocenters. The highest BCUT2D eigenvalue weighted by Gasteiger charge is 2.30. The molecule has 0 atom stereocenters. The molecule has 2 aliphatic rings. The van der Waals surface area contributed by atoms with Crippen molar-refractivity contribution in [2.45, 2.75) is 57.9 Å². The zero-order valence-electron chi connectivity index (χ0n) is 21.1. The van der Waals surface area contributed by atoms with Gasteiger partial charge in [0.05, 0.1) is 15.8 Å². The molecule has 2 N–H and O–H groups in total. The second kappa shape index (κ2) is 12.1. The van der Waals surface area contributed by atoms with Gasteiger partial charge in [0, 0.05) is 37.7 Å². The molecule has 0 spiro atoms. The van der Waals surface area contributed by atoms with E-state index in [0.717, 1.165) is 72.6 Å². The SMILES string of the molecule is CC.O=C(NC1CCNCC1)c1nc2ccc(OC3CCN(c4ccc(C(F)(F)F)cc4)CC3)cc2s1. The second-order valence-electron chi connectivity index (χ2n) is 9.00. The zero-order valence-corrected chi connectivity index (χ0v) is 21.9. The monoisotopic (exact) mass is 534 g/mol. The number of carbonyl (C=O) groups is 1. The van der Waals surface area contributed by atoms with Gasteiger partial charge in [-0.05, 0) is 68.4 Å². The Kier molecular flexibility index (Phi) is 8.91. The minimum Gasteiger partial charge on any atom is -0.490 e. The van der Waals surface area contributed by atoms with Crippen LogP contribution in [0.3, 0.4) is 0 Å². The summed E-state index contributed by atoms with van der Waals surface area (Å²) in [4.78, 5) is 19.2. The van der Waals surface area contributed by atoms with Gasteiger partial charge in [0.25, 0.3) is 5.91 Å². The van der Waals surface area contributed by atoms with Crippen molar-refractivity contribution in [3.63, 3.8) is 0 Å². The third-order valence-electron chi connectivity index (χ3n) is 6.53. The number of piperidine rings is 2. The Hall–Kier alpha value is -2.85. The number of rotatable bonds is 5. The standard InChI is InChI=1S/C25H27F3N4O2S.C2H6/c26-25(27,28)16-1-3-18(4-2-16)32-13-9-19(10-14-32)34-20-5-6-21-22(15-20)35-24(31-21)23(33)30-17-7-11-29-12-8-17;1-2/h1-6,15,17,19,29H,7-14H2,(H,30,33);1-2H3. The largest absolute Gasteiger partial charge is 0.490 e. The maximum Gasteiger partial charge on any atom is 0.416 e. The maximum atomic E-state index is 12.8. The van der Waals surface area contributed by atoms with Gasteiger partial charge in [-0.3, -0.25) is 4.79 Å². The van der Waals surface area contributed by atoms with E-state index in [4.69, 9.17) is 4.74 Å². The van der Waals surface area contributed by atoms with Crippen LogP contribution < -0.4 is 20.3 Å². The van der Waals surface area contributed by atoms with E-state index in [1.165, 1.54) is 23.5 Å². The Morgan fingerprint density at radius 3 is 2.38 bits per heavy atom. The van der Waals surface area contributed by atoms with E-state index in [-0.39, 0.29) is 18.1 Å². The molecule has 200 valence electrons. The molecule has 37 heavy (non-hydrogen) atoms. The number of benzene rings is 2. The van der Waals surface area contributed by atoms with Gasteiger partial charge < -0.3 is 20.3 Å². The fourth-order valence-electron chi connectivity index (χ4n) is 4.57. The van der Waals surface area contributed by atoms with Crippen LogP contribution in [0.2, 0.25) is 0 Å². The number of ether oxygens (including phenoxy) is 1. The molecule has 5 rings (SSSR count). The summed E-state index contributed by atoms with van der Waals surface area (Å²) in [6, 6.07) is 11.2. The van der Waals surface area contributed by atoms with Crippen molar-refractivity contribution in [1.82, 2.24) is 15.6 Å². The molecule has 1 aromatic heterocycles. The van der Waals surface area contributed by atoms with Crippen LogP contribution in [-0.4, -0.2) is 49.2 Å². The van der Waals surface area contributed by atoms with E-state index >= 15 is 0 Å². The number of anilines is 1. The molecule has 0 radical (unpaired) electrons. The summed E-state index contributed by atoms with van der Waals surface area (Å²) < 4.78 is 45.5. The van der Waals surface area contributed by atoms with Gasteiger partial charge in [-0.15, -0.1) is 11.3 Å². The predicted octanol–water partition coefficient (Wildman–Crippen LogP) is 5.87. The Morgan fingerprint density at radius 1 is 1.05 bits per heavy atom. The van der Waals surface area contributed by atoms with Crippen LogP contribution in [0.5, 0.6) is 5.75 Å². The quantitative estimate of drug-likeness (QED) is 0.429. The fraction of sp³-hybridized carbons (Fsp3) is 0.481. The molecule has 2 fully saturated rings. The normalized spacial score (nSPS) is 17.3. The van der Waals surface area contributed by atoms with Gasteiger partial charge in [-0.25, -0.2) is 4.98 Å². The first-order chi connectivity index (χ1) is 17.8. The third-order valence-corrected chi connectivity index (χ3v) is 7.55. The fourth-order valence-corrected chi connectivity index (χ4v) is 5.47. The molecule has 2 aromatic carbocycles. The van der Waals surface area contributed by atoms with E-state index < -0.39 is 11.7 Å². The summed E-state index contributed by atoms with van der Waals surface area (Å²) in [6.45, 7) is 7.24. The maximum absolute atomic E-state index is 12.8. The predicted molar refractivity (Wildman–Crippen MR) is 142 cm³/mol. The molecule has 6 nitrogen and oxygen atoms in total. The van der Waals surface area contributed by atoms with Crippen LogP contribution in [0.1, 0.15) is 54.9 Å². The van der Waals surface area contributed by atoms with Gasteiger partial charge in [0.1, 0.15) is 11.9 Å². The van der Waals surface area contributed by atoms with Crippen molar-refractivity contribution >= 4 is 33.1 Å². The lowest BCUT2D eigenvalue weighted by molar-refractivity contribution is -0.137. The molecule has 3 heterocycles. The van der Waals surface area contributed by atoms with Crippen molar-refractivity contribution in [1.29, 1.82) is 0 Å². The van der Waals surface area contributed by atoms with Crippen LogP contribution in [0.25, 0.3) is 10.2 Å². The van der Waals surface area contributed by atoms with E-state index in [1.807, 2.05) is 32.0 Å². The Bertz CT molecular complexity index is 1170. The second-order valence-corrected chi connectivity index (χ2v) is 10.0. The molecule has 2 aliphatic heterocycles. The summed E-state index contributed by atoms with van der Waals surface area (Å²) in [5.74, 6) is 0.607. The van der Waals surface area contributed by atoms with E-state index in [1.54, 1.807) is 0 Å². The molecule has 10 heteroatoms. The number of alkyl halides is 3. The number of carbonyl (C=O) groups excluding carboxylic acids is 1. The number of aromatic nitrogens is 1. The van der Waals surface area contributed by atoms with Crippen LogP contribution in [0.4, 0.5) is 18.9 Å². The highest BCUT2D eigenvalue weighted by atomic mass is 32.1. The summed E-state index contributed by atoms with van der Waals surface area (Å²) in [5, 5.41) is 6.83. The molecule has 0 aliphatic carbocycles. The number of hydrogen-bond donors (Lipinski definition) is 2. The minimum atomic E-state index is -4.32. The molecular formula is C27H33F3N4O2S. The van der Waals surface area contributed by atoms with Gasteiger partial charge in [-0.2, -0.15) is 13.2 Å². The Balaban J connectivity index is 0.00000156. The lowest BCUT2D eigenvalue weighted by Crippen LogP contribution is -2.42. The summed E-state index contributed by atoms with van der Waals surface area (Å²) in [5.41, 5.74) is 0.928. The number of thiazole rings is 1. The molecule has 0 saturated carbocycles. The van der Waals surface area contributed by atoms with Crippen molar-refractivity contribution in [3.8, 4) is 5.75 Å². The van der Waals surface area contributed by atoms with Gasteiger partial charge >= 0.3 is 6.18 Å². The van der Waals surface area contributed by atoms with Crippen LogP contribution >= 0.6 is 11.3 Å². The third kappa shape index (κ3) is 6.93. The highest BCUT2D eigenvalue weighted by molar-refractivity contribution is 7.20. The van der Waals surface area contributed by atoms with E-state index in [9.17, 15) is 18.0 Å². The first-order valence-corrected chi connectivity index (χ1v) is 13.7. The average Bonchev–Trinajstić information content (AvgIpc) is 3.34. The molecule has 0 bridgehead atoms. The Labute approximate surface area is 219 Å². The molecule has 2 saturated heterocycles. The van der Waals surface area contributed by atoms with E-state index in [0.29, 0.717) is 18.1 Å². The average molecular weight is 535 g/mol. The van der Waals surface area contributed by atoms with Gasteiger partial charge in [0.15, 0.2) is 5.01 Å². The Morgan fingerprint density at radius 2 is 1.73 bits per heavy atom. The molecular weight excluding hydrogens is 501 g/mol. The first kappa shape index (κ1) is 27.2. The summed E-state index contributed by atoms with van der Waals surface area (Å²) in [6.07, 6.45) is -0.916. The number of halogens is 3. The number of hydrogen-bond acceptors (Lipinski definition) is 6. The summed E-state index contributed by atoms with van der Waals surface area (Å²) >= 11 is 1.36. The van der Waals surface area contributed by atoms with Gasteiger partial charge in [0.2, 0.25) is 0 Å². The van der Waals surface area contributed by atoms with Crippen LogP contribution in [0.15, 0.2) is 42.5 Å². The number of nitrogens with one attached hydrogen (secondary N) is 2. The molecule has 1 amide bonds. The number of fused-ring (bicyclic) bond motifs is 1. The first-order valence-electron chi connectivity index (χ1n) is 12.9. The van der Waals surface area contributed by atoms with Gasteiger partial charge in [-0.1, -0.05) is 13.8 Å². The van der Waals surface area contributed by atoms with Crippen molar-refractivity contribution in [2.24, 2.45) is 0 Å². The lowest BCUT2D eigenvalue weighted by atomic mass is 10.1. The minimum absolute atomic E-state index is 0.0220. The van der Waals surface area contributed by atoms with Crippen molar-refractivity contribution in [2.75, 3.05) is 31.1 Å². The summed E-state index contributed by atoms with van der Waals surface area (Å²) in [7, 11) is 0. The number of nitrogens with zero attached hydrogens (tertiary/aromatic N) is 2. The highest BCUT2D eigenvalue weighted by Crippen LogP contribution is 2.32. The van der Waals surface area contributed by atoms with Crippen LogP contribution in [0, 0.1) is 0 Å². The number of amides is 1. The van der Waals surface area contributed by atoms with Crippen molar-refractivity contribution < 1.29 is 22.7 Å². The zero-order chi connectivity index (χ0) is 26.4. The van der Waals surface area contributed by atoms with Crippen molar-refractivity contribution in [3.05, 3.63) is 53.0 Å². The molecule has 3 aromatic rings. The van der Waals surface area contributed by atoms with Crippen LogP contribution in [-0.2, 0) is 6.18 Å². The smallest absolute Gasteiger partial charge is 0.416 e. The lowest BCUT2D eigenvalue weighted by Gasteiger charge is -2.33. The van der Waals surface area contributed by atoms with E-state index in [2.05, 4.69) is 20.5 Å².